The number of allylic oxidation sites excluding steroid dienone is 2. The van der Waals surface area contributed by atoms with Crippen LogP contribution >= 0.6 is 0 Å². The highest BCUT2D eigenvalue weighted by molar-refractivity contribution is 5.72. The Morgan fingerprint density at radius 1 is 0.559 bits per heavy atom. The van der Waals surface area contributed by atoms with Crippen LogP contribution in [0, 0.1) is 29.6 Å². The van der Waals surface area contributed by atoms with Crippen molar-refractivity contribution in [3.8, 4) is 0 Å². The van der Waals surface area contributed by atoms with Crippen molar-refractivity contribution >= 4 is 17.9 Å². The summed E-state index contributed by atoms with van der Waals surface area (Å²) in [6.07, 6.45) is 43.7. The first-order valence-corrected chi connectivity index (χ1v) is 26.1. The fourth-order valence-corrected chi connectivity index (χ4v) is 9.68. The van der Waals surface area contributed by atoms with Crippen LogP contribution in [0.4, 0.5) is 0 Å². The molecule has 0 aliphatic heterocycles. The molecular weight excluding hydrogens is 733 g/mol. The fourth-order valence-electron chi connectivity index (χ4n) is 9.68. The van der Waals surface area contributed by atoms with Crippen molar-refractivity contribution < 1.29 is 28.6 Å². The summed E-state index contributed by atoms with van der Waals surface area (Å²) in [4.78, 5) is 39.2. The van der Waals surface area contributed by atoms with Gasteiger partial charge in [-0.2, -0.15) is 0 Å². The van der Waals surface area contributed by atoms with E-state index in [-0.39, 0.29) is 54.5 Å². The first-order valence-electron chi connectivity index (χ1n) is 26.1. The Bertz CT molecular complexity index is 1070. The molecule has 7 atom stereocenters. The first-order chi connectivity index (χ1) is 28.9. The Kier molecular flexibility index (Phi) is 32.3. The Morgan fingerprint density at radius 3 is 1.64 bits per heavy atom. The molecule has 6 heteroatoms. The smallest absolute Gasteiger partial charge is 0.309 e. The highest BCUT2D eigenvalue weighted by Crippen LogP contribution is 2.46. The average Bonchev–Trinajstić information content (AvgIpc) is 3.89. The predicted molar refractivity (Wildman–Crippen MR) is 247 cm³/mol. The molecule has 0 aromatic rings. The number of hydrogen-bond acceptors (Lipinski definition) is 6. The molecule has 0 amide bonds. The summed E-state index contributed by atoms with van der Waals surface area (Å²) in [6.45, 7) is 11.0. The van der Waals surface area contributed by atoms with Crippen molar-refractivity contribution in [3.63, 3.8) is 0 Å². The lowest BCUT2D eigenvalue weighted by Crippen LogP contribution is -2.27. The number of unbranched alkanes of at least 4 members (excludes halogenated alkanes) is 18. The summed E-state index contributed by atoms with van der Waals surface area (Å²) in [7, 11) is 0. The van der Waals surface area contributed by atoms with Gasteiger partial charge in [-0.25, -0.2) is 0 Å². The molecule has 2 aliphatic rings. The zero-order valence-corrected chi connectivity index (χ0v) is 39.6. The van der Waals surface area contributed by atoms with Crippen LogP contribution in [0.5, 0.6) is 0 Å². The summed E-state index contributed by atoms with van der Waals surface area (Å²) in [5.41, 5.74) is 0. The maximum Gasteiger partial charge on any atom is 0.309 e. The highest BCUT2D eigenvalue weighted by atomic mass is 16.6. The predicted octanol–water partition coefficient (Wildman–Crippen LogP) is 15.8. The standard InChI is InChI=1S/C53H96O6/c1-6-11-15-18-22-28-33-44(32-27-17-13-8-3)53(56)58-48(36-31-25-21-20-24-30-35-46-42-45(46)34-29-23-19-16-12-7-2)40-41-57-52(55)43-47-38-39-50(59-51(54)10-5)49(47)37-26-14-9-4/h14,26,44-50H,6-13,15-25,27-43H2,1-5H3/b26-14-. The van der Waals surface area contributed by atoms with E-state index in [2.05, 4.69) is 39.8 Å². The van der Waals surface area contributed by atoms with Gasteiger partial charge in [0.05, 0.1) is 12.5 Å². The summed E-state index contributed by atoms with van der Waals surface area (Å²) in [6, 6.07) is 0. The second kappa shape index (κ2) is 35.7. The molecule has 0 heterocycles. The van der Waals surface area contributed by atoms with Crippen molar-refractivity contribution in [2.24, 2.45) is 29.6 Å². The number of carbonyl (C=O) groups is 3. The number of esters is 3. The molecule has 0 spiro atoms. The van der Waals surface area contributed by atoms with Crippen LogP contribution in [0.15, 0.2) is 12.2 Å². The highest BCUT2D eigenvalue weighted by Gasteiger charge is 2.39. The Balaban J connectivity index is 1.86. The molecule has 59 heavy (non-hydrogen) atoms. The van der Waals surface area contributed by atoms with Gasteiger partial charge in [0.25, 0.3) is 0 Å². The molecule has 0 saturated heterocycles. The average molecular weight is 829 g/mol. The van der Waals surface area contributed by atoms with Crippen molar-refractivity contribution in [2.75, 3.05) is 6.61 Å². The number of rotatable bonds is 40. The minimum atomic E-state index is -0.215. The van der Waals surface area contributed by atoms with Crippen LogP contribution in [0.3, 0.4) is 0 Å². The zero-order chi connectivity index (χ0) is 42.8. The van der Waals surface area contributed by atoms with Gasteiger partial charge in [-0.1, -0.05) is 194 Å². The van der Waals surface area contributed by atoms with Crippen LogP contribution in [0.1, 0.15) is 259 Å². The van der Waals surface area contributed by atoms with Crippen molar-refractivity contribution in [1.82, 2.24) is 0 Å². The second-order valence-electron chi connectivity index (χ2n) is 18.9. The first kappa shape index (κ1) is 53.3. The molecule has 2 fully saturated rings. The van der Waals surface area contributed by atoms with Gasteiger partial charge in [0.15, 0.2) is 0 Å². The van der Waals surface area contributed by atoms with E-state index in [1.807, 2.05) is 6.92 Å². The largest absolute Gasteiger partial charge is 0.466 e. The lowest BCUT2D eigenvalue weighted by molar-refractivity contribution is -0.157. The van der Waals surface area contributed by atoms with E-state index >= 15 is 0 Å². The molecule has 2 rings (SSSR count). The van der Waals surface area contributed by atoms with E-state index in [9.17, 15) is 14.4 Å². The molecule has 7 unspecified atom stereocenters. The summed E-state index contributed by atoms with van der Waals surface area (Å²) in [5, 5.41) is 0. The molecular formula is C53H96O6. The molecule has 0 radical (unpaired) electrons. The van der Waals surface area contributed by atoms with Gasteiger partial charge >= 0.3 is 17.9 Å². The van der Waals surface area contributed by atoms with Gasteiger partial charge in [-0.05, 0) is 75.5 Å². The summed E-state index contributed by atoms with van der Waals surface area (Å²) >= 11 is 0. The monoisotopic (exact) mass is 829 g/mol. The van der Waals surface area contributed by atoms with Crippen LogP contribution in [-0.4, -0.2) is 36.7 Å². The topological polar surface area (TPSA) is 78.9 Å². The molecule has 344 valence electrons. The maximum absolute atomic E-state index is 13.8. The Hall–Kier alpha value is -1.85. The lowest BCUT2D eigenvalue weighted by Gasteiger charge is -2.24. The third-order valence-corrected chi connectivity index (χ3v) is 13.7. The second-order valence-corrected chi connectivity index (χ2v) is 18.9. The van der Waals surface area contributed by atoms with E-state index in [1.165, 1.54) is 135 Å². The number of carbonyl (C=O) groups excluding carboxylic acids is 3. The lowest BCUT2D eigenvalue weighted by atomic mass is 9.88. The summed E-state index contributed by atoms with van der Waals surface area (Å²) in [5.74, 6) is 1.89. The van der Waals surface area contributed by atoms with Gasteiger partial charge in [0.1, 0.15) is 12.2 Å². The van der Waals surface area contributed by atoms with Crippen LogP contribution in [-0.2, 0) is 28.6 Å². The normalized spacial score (nSPS) is 21.1. The van der Waals surface area contributed by atoms with E-state index < -0.39 is 0 Å². The van der Waals surface area contributed by atoms with E-state index in [0.717, 1.165) is 82.5 Å². The quantitative estimate of drug-likeness (QED) is 0.0265. The molecule has 0 aromatic carbocycles. The number of hydrogen-bond donors (Lipinski definition) is 0. The fraction of sp³-hybridized carbons (Fsp3) is 0.906. The van der Waals surface area contributed by atoms with Crippen molar-refractivity contribution in [2.45, 2.75) is 272 Å². The van der Waals surface area contributed by atoms with E-state index in [0.29, 0.717) is 19.3 Å². The van der Waals surface area contributed by atoms with Crippen molar-refractivity contribution in [3.05, 3.63) is 12.2 Å². The Labute approximate surface area is 365 Å². The number of ether oxygens (including phenoxy) is 3. The maximum atomic E-state index is 13.8. The van der Waals surface area contributed by atoms with Crippen LogP contribution in [0.25, 0.3) is 0 Å². The molecule has 6 nitrogen and oxygen atoms in total. The van der Waals surface area contributed by atoms with Gasteiger partial charge in [-0.15, -0.1) is 0 Å². The molecule has 2 saturated carbocycles. The van der Waals surface area contributed by atoms with Crippen molar-refractivity contribution in [1.29, 1.82) is 0 Å². The van der Waals surface area contributed by atoms with Gasteiger partial charge < -0.3 is 14.2 Å². The van der Waals surface area contributed by atoms with Gasteiger partial charge in [0, 0.05) is 25.2 Å². The van der Waals surface area contributed by atoms with Gasteiger partial charge in [0.2, 0.25) is 0 Å². The molecule has 0 aromatic heterocycles. The minimum Gasteiger partial charge on any atom is -0.466 e. The molecule has 0 N–H and O–H groups in total. The summed E-state index contributed by atoms with van der Waals surface area (Å²) < 4.78 is 18.1. The van der Waals surface area contributed by atoms with Gasteiger partial charge in [-0.3, -0.25) is 14.4 Å². The van der Waals surface area contributed by atoms with E-state index in [4.69, 9.17) is 14.2 Å². The van der Waals surface area contributed by atoms with Crippen LogP contribution in [0.2, 0.25) is 0 Å². The van der Waals surface area contributed by atoms with E-state index in [1.54, 1.807) is 0 Å². The SMILES string of the molecule is CC/C=C\CC1C(CC(=O)OCCC(CCCCCCCCC2CC2CCCCCCCC)OC(=O)C(CCCCCC)CCCCCCCC)CCC1OC(=O)CC. The molecule has 0 bridgehead atoms. The third kappa shape index (κ3) is 26.3. The molecule has 2 aliphatic carbocycles. The minimum absolute atomic E-state index is 0.0251. The third-order valence-electron chi connectivity index (χ3n) is 13.7. The Morgan fingerprint density at radius 2 is 1.08 bits per heavy atom. The van der Waals surface area contributed by atoms with Crippen LogP contribution < -0.4 is 0 Å². The zero-order valence-electron chi connectivity index (χ0n) is 39.6.